The Labute approximate surface area is 107 Å². The van der Waals surface area contributed by atoms with Gasteiger partial charge in [0.05, 0.1) is 5.69 Å². The highest BCUT2D eigenvalue weighted by Crippen LogP contribution is 2.22. The minimum atomic E-state index is 0.374. The Kier molecular flexibility index (Phi) is 4.36. The quantitative estimate of drug-likeness (QED) is 0.833. The number of hydrogen-bond acceptors (Lipinski definition) is 2. The normalized spacial score (nSPS) is 11.6. The third kappa shape index (κ3) is 4.12. The third-order valence-electron chi connectivity index (χ3n) is 2.59. The number of halogens is 1. The first-order valence-corrected chi connectivity index (χ1v) is 6.43. The van der Waals surface area contributed by atoms with Gasteiger partial charge in [0.25, 0.3) is 0 Å². The van der Waals surface area contributed by atoms with Crippen LogP contribution in [0.3, 0.4) is 0 Å². The molecule has 0 saturated heterocycles. The molecule has 0 aliphatic heterocycles. The molecule has 0 aliphatic rings. The number of anilines is 1. The molecule has 1 rings (SSSR count). The molecule has 0 amide bonds. The number of nitrogens with zero attached hydrogens (tertiary/aromatic N) is 2. The first-order chi connectivity index (χ1) is 7.29. The average molecular weight is 285 g/mol. The second-order valence-electron chi connectivity index (χ2n) is 5.47. The molecule has 16 heavy (non-hydrogen) atoms. The molecule has 0 N–H and O–H groups in total. The smallest absolute Gasteiger partial charge is 0.128 e. The zero-order valence-corrected chi connectivity index (χ0v) is 12.4. The van der Waals surface area contributed by atoms with Gasteiger partial charge in [-0.1, -0.05) is 20.8 Å². The van der Waals surface area contributed by atoms with Gasteiger partial charge >= 0.3 is 0 Å². The summed E-state index contributed by atoms with van der Waals surface area (Å²) in [6, 6.07) is 4.12. The van der Waals surface area contributed by atoms with E-state index in [0.29, 0.717) is 5.41 Å². The van der Waals surface area contributed by atoms with E-state index >= 15 is 0 Å². The topological polar surface area (TPSA) is 16.1 Å². The van der Waals surface area contributed by atoms with E-state index in [1.165, 1.54) is 6.42 Å². The average Bonchev–Trinajstić information content (AvgIpc) is 2.17. The molecule has 1 aromatic heterocycles. The van der Waals surface area contributed by atoms with Crippen LogP contribution in [0.5, 0.6) is 0 Å². The van der Waals surface area contributed by atoms with Gasteiger partial charge < -0.3 is 4.90 Å². The molecule has 0 bridgehead atoms. The standard InChI is InChI=1S/C13H21BrN2/c1-10-11(14)6-7-12(15-10)16(5)9-8-13(2,3)4/h6-7H,8-9H2,1-5H3. The molecule has 1 heterocycles. The van der Waals surface area contributed by atoms with Crippen molar-refractivity contribution in [1.29, 1.82) is 0 Å². The Hall–Kier alpha value is -0.570. The maximum atomic E-state index is 4.55. The monoisotopic (exact) mass is 284 g/mol. The SMILES string of the molecule is Cc1nc(N(C)CCC(C)(C)C)ccc1Br. The third-order valence-corrected chi connectivity index (χ3v) is 3.43. The van der Waals surface area contributed by atoms with Gasteiger partial charge in [-0.15, -0.1) is 0 Å². The predicted octanol–water partition coefficient (Wildman–Crippen LogP) is 4.02. The van der Waals surface area contributed by atoms with Crippen molar-refractivity contribution in [2.45, 2.75) is 34.1 Å². The van der Waals surface area contributed by atoms with Crippen LogP contribution in [0.1, 0.15) is 32.9 Å². The van der Waals surface area contributed by atoms with E-state index in [2.05, 4.69) is 65.8 Å². The van der Waals surface area contributed by atoms with Crippen molar-refractivity contribution >= 4 is 21.7 Å². The molecule has 3 heteroatoms. The Morgan fingerprint density at radius 2 is 1.94 bits per heavy atom. The van der Waals surface area contributed by atoms with Gasteiger partial charge in [0, 0.05) is 18.1 Å². The summed E-state index contributed by atoms with van der Waals surface area (Å²) in [5.41, 5.74) is 1.42. The Morgan fingerprint density at radius 3 is 2.44 bits per heavy atom. The number of hydrogen-bond donors (Lipinski definition) is 0. The maximum absolute atomic E-state index is 4.55. The van der Waals surface area contributed by atoms with Crippen LogP contribution in [0.2, 0.25) is 0 Å². The van der Waals surface area contributed by atoms with E-state index < -0.39 is 0 Å². The van der Waals surface area contributed by atoms with E-state index in [1.807, 2.05) is 6.92 Å². The van der Waals surface area contributed by atoms with E-state index in [4.69, 9.17) is 0 Å². The number of aryl methyl sites for hydroxylation is 1. The first kappa shape index (κ1) is 13.5. The van der Waals surface area contributed by atoms with Crippen LogP contribution in [0.25, 0.3) is 0 Å². The van der Waals surface area contributed by atoms with Gasteiger partial charge in [-0.25, -0.2) is 4.98 Å². The predicted molar refractivity (Wildman–Crippen MR) is 74.0 cm³/mol. The van der Waals surface area contributed by atoms with Crippen LogP contribution >= 0.6 is 15.9 Å². The van der Waals surface area contributed by atoms with Crippen LogP contribution in [-0.4, -0.2) is 18.6 Å². The van der Waals surface area contributed by atoms with Crippen molar-refractivity contribution in [1.82, 2.24) is 4.98 Å². The molecule has 90 valence electrons. The summed E-state index contributed by atoms with van der Waals surface area (Å²) in [5, 5.41) is 0. The minimum absolute atomic E-state index is 0.374. The van der Waals surface area contributed by atoms with Gasteiger partial charge in [0.2, 0.25) is 0 Å². The number of rotatable bonds is 3. The molecule has 0 spiro atoms. The molecule has 0 saturated carbocycles. The van der Waals surface area contributed by atoms with E-state index in [-0.39, 0.29) is 0 Å². The van der Waals surface area contributed by atoms with E-state index in [0.717, 1.165) is 22.5 Å². The van der Waals surface area contributed by atoms with Crippen molar-refractivity contribution in [3.8, 4) is 0 Å². The van der Waals surface area contributed by atoms with Crippen LogP contribution < -0.4 is 4.90 Å². The highest BCUT2D eigenvalue weighted by atomic mass is 79.9. The minimum Gasteiger partial charge on any atom is -0.360 e. The van der Waals surface area contributed by atoms with Crippen molar-refractivity contribution < 1.29 is 0 Å². The highest BCUT2D eigenvalue weighted by Gasteiger charge is 2.12. The summed E-state index contributed by atoms with van der Waals surface area (Å²) in [6.07, 6.45) is 1.17. The summed E-state index contributed by atoms with van der Waals surface area (Å²) in [7, 11) is 2.10. The maximum Gasteiger partial charge on any atom is 0.128 e. The largest absolute Gasteiger partial charge is 0.360 e. The van der Waals surface area contributed by atoms with E-state index in [1.54, 1.807) is 0 Å². The summed E-state index contributed by atoms with van der Waals surface area (Å²) in [6.45, 7) is 9.85. The second kappa shape index (κ2) is 5.17. The highest BCUT2D eigenvalue weighted by molar-refractivity contribution is 9.10. The summed E-state index contributed by atoms with van der Waals surface area (Å²) < 4.78 is 1.07. The van der Waals surface area contributed by atoms with Gasteiger partial charge in [0.1, 0.15) is 5.82 Å². The lowest BCUT2D eigenvalue weighted by molar-refractivity contribution is 0.381. The van der Waals surface area contributed by atoms with Gasteiger partial charge in [0.15, 0.2) is 0 Å². The lowest BCUT2D eigenvalue weighted by Crippen LogP contribution is -2.24. The lowest BCUT2D eigenvalue weighted by Gasteiger charge is -2.24. The molecule has 0 fully saturated rings. The zero-order chi connectivity index (χ0) is 12.3. The fourth-order valence-corrected chi connectivity index (χ4v) is 1.58. The Morgan fingerprint density at radius 1 is 1.31 bits per heavy atom. The zero-order valence-electron chi connectivity index (χ0n) is 10.8. The molecule has 0 aliphatic carbocycles. The number of aromatic nitrogens is 1. The fraction of sp³-hybridized carbons (Fsp3) is 0.615. The summed E-state index contributed by atoms with van der Waals surface area (Å²) >= 11 is 3.47. The molecule has 0 atom stereocenters. The van der Waals surface area contributed by atoms with Crippen molar-refractivity contribution in [3.63, 3.8) is 0 Å². The Bertz CT molecular complexity index is 355. The first-order valence-electron chi connectivity index (χ1n) is 5.64. The van der Waals surface area contributed by atoms with Gasteiger partial charge in [-0.2, -0.15) is 0 Å². The van der Waals surface area contributed by atoms with Crippen LogP contribution in [0.15, 0.2) is 16.6 Å². The van der Waals surface area contributed by atoms with Gasteiger partial charge in [-0.05, 0) is 46.8 Å². The Balaban J connectivity index is 2.66. The molecule has 0 unspecified atom stereocenters. The fourth-order valence-electron chi connectivity index (χ4n) is 1.36. The molecular weight excluding hydrogens is 264 g/mol. The van der Waals surface area contributed by atoms with Crippen LogP contribution in [-0.2, 0) is 0 Å². The van der Waals surface area contributed by atoms with Crippen molar-refractivity contribution in [3.05, 3.63) is 22.3 Å². The second-order valence-corrected chi connectivity index (χ2v) is 6.32. The molecular formula is C13H21BrN2. The van der Waals surface area contributed by atoms with Crippen LogP contribution in [0.4, 0.5) is 5.82 Å². The van der Waals surface area contributed by atoms with Crippen molar-refractivity contribution in [2.24, 2.45) is 5.41 Å². The van der Waals surface area contributed by atoms with Crippen LogP contribution in [0, 0.1) is 12.3 Å². The summed E-state index contributed by atoms with van der Waals surface area (Å²) in [5.74, 6) is 1.05. The molecule has 0 aromatic carbocycles. The number of pyridine rings is 1. The summed E-state index contributed by atoms with van der Waals surface area (Å²) in [4.78, 5) is 6.77. The van der Waals surface area contributed by atoms with Gasteiger partial charge in [-0.3, -0.25) is 0 Å². The van der Waals surface area contributed by atoms with E-state index in [9.17, 15) is 0 Å². The van der Waals surface area contributed by atoms with Crippen molar-refractivity contribution in [2.75, 3.05) is 18.5 Å². The molecule has 0 radical (unpaired) electrons. The molecule has 1 aromatic rings. The molecule has 2 nitrogen and oxygen atoms in total. The lowest BCUT2D eigenvalue weighted by atomic mass is 9.92.